The lowest BCUT2D eigenvalue weighted by Gasteiger charge is -2.30. The molecule has 3 rings (SSSR count). The van der Waals surface area contributed by atoms with E-state index in [2.05, 4.69) is 31.9 Å². The number of hydrogen-bond acceptors (Lipinski definition) is 4. The second kappa shape index (κ2) is 7.98. The Balaban J connectivity index is 1.96. The largest absolute Gasteiger partial charge is 0.504 e. The van der Waals surface area contributed by atoms with Crippen molar-refractivity contribution in [1.82, 2.24) is 10.6 Å². The van der Waals surface area contributed by atoms with Crippen LogP contribution in [0.25, 0.3) is 0 Å². The lowest BCUT2D eigenvalue weighted by Crippen LogP contribution is -2.45. The summed E-state index contributed by atoms with van der Waals surface area (Å²) in [5.74, 6) is 0.0952. The number of aromatic hydroxyl groups is 1. The number of benzene rings is 2. The van der Waals surface area contributed by atoms with Crippen LogP contribution in [0.2, 0.25) is 0 Å². The number of nitrogens with one attached hydrogen (secondary N) is 3. The van der Waals surface area contributed by atoms with E-state index in [0.29, 0.717) is 27.8 Å². The summed E-state index contributed by atoms with van der Waals surface area (Å²) in [7, 11) is 1.47. The molecule has 0 saturated heterocycles. The highest BCUT2D eigenvalue weighted by atomic mass is 79.9. The van der Waals surface area contributed by atoms with Crippen molar-refractivity contribution in [3.63, 3.8) is 0 Å². The Kier molecular flexibility index (Phi) is 5.67. The molecule has 27 heavy (non-hydrogen) atoms. The lowest BCUT2D eigenvalue weighted by atomic mass is 9.94. The molecule has 1 aliphatic heterocycles. The fourth-order valence-electron chi connectivity index (χ4n) is 2.85. The topological polar surface area (TPSA) is 82.6 Å². The van der Waals surface area contributed by atoms with Crippen molar-refractivity contribution >= 4 is 44.9 Å². The number of ether oxygens (including phenoxy) is 1. The van der Waals surface area contributed by atoms with Gasteiger partial charge in [-0.2, -0.15) is 0 Å². The summed E-state index contributed by atoms with van der Waals surface area (Å²) in [5.41, 5.74) is 2.58. The zero-order valence-corrected chi connectivity index (χ0v) is 17.1. The van der Waals surface area contributed by atoms with E-state index >= 15 is 0 Å². The number of hydrogen-bond donors (Lipinski definition) is 4. The van der Waals surface area contributed by atoms with Gasteiger partial charge in [0.15, 0.2) is 16.6 Å². The number of rotatable bonds is 4. The fraction of sp³-hybridized carbons (Fsp3) is 0.158. The van der Waals surface area contributed by atoms with E-state index in [-0.39, 0.29) is 11.7 Å². The first-order valence-corrected chi connectivity index (χ1v) is 9.31. The average molecular weight is 448 g/mol. The summed E-state index contributed by atoms with van der Waals surface area (Å²) < 4.78 is 6.11. The van der Waals surface area contributed by atoms with Gasteiger partial charge in [-0.05, 0) is 61.1 Å². The van der Waals surface area contributed by atoms with Gasteiger partial charge in [-0.25, -0.2) is 0 Å². The fourth-order valence-corrected chi connectivity index (χ4v) is 3.39. The SMILES string of the molecule is COc1cc(C2NC(=S)NC(C)=C2C(=O)Nc2ccc(Br)cc2)ccc1O. The predicted molar refractivity (Wildman–Crippen MR) is 112 cm³/mol. The normalized spacial score (nSPS) is 16.4. The van der Waals surface area contributed by atoms with E-state index in [9.17, 15) is 9.90 Å². The molecular formula is C19H18BrN3O3S. The Bertz CT molecular complexity index is 928. The number of anilines is 1. The molecule has 0 saturated carbocycles. The molecule has 2 aromatic rings. The molecular weight excluding hydrogens is 430 g/mol. The quantitative estimate of drug-likeness (QED) is 0.536. The summed E-state index contributed by atoms with van der Waals surface area (Å²) in [5, 5.41) is 19.3. The van der Waals surface area contributed by atoms with Crippen molar-refractivity contribution in [2.75, 3.05) is 12.4 Å². The van der Waals surface area contributed by atoms with Gasteiger partial charge in [0.25, 0.3) is 5.91 Å². The third kappa shape index (κ3) is 4.23. The second-order valence-corrected chi connectivity index (χ2v) is 7.29. The number of phenolic OH excluding ortho intramolecular Hbond substituents is 1. The Labute approximate surface area is 170 Å². The summed E-state index contributed by atoms with van der Waals surface area (Å²) in [6.45, 7) is 1.80. The first-order valence-electron chi connectivity index (χ1n) is 8.11. The minimum Gasteiger partial charge on any atom is -0.504 e. The van der Waals surface area contributed by atoms with E-state index in [4.69, 9.17) is 17.0 Å². The monoisotopic (exact) mass is 447 g/mol. The Morgan fingerprint density at radius 3 is 2.63 bits per heavy atom. The van der Waals surface area contributed by atoms with Crippen LogP contribution in [0.4, 0.5) is 5.69 Å². The van der Waals surface area contributed by atoms with Crippen LogP contribution in [-0.4, -0.2) is 23.2 Å². The molecule has 0 spiro atoms. The van der Waals surface area contributed by atoms with E-state index in [1.54, 1.807) is 19.1 Å². The number of amides is 1. The van der Waals surface area contributed by atoms with Gasteiger partial charge in [0, 0.05) is 15.9 Å². The minimum absolute atomic E-state index is 0.0272. The van der Waals surface area contributed by atoms with Crippen LogP contribution in [0.3, 0.4) is 0 Å². The van der Waals surface area contributed by atoms with Gasteiger partial charge < -0.3 is 25.8 Å². The van der Waals surface area contributed by atoms with E-state index in [0.717, 1.165) is 10.0 Å². The van der Waals surface area contributed by atoms with Crippen molar-refractivity contribution in [3.05, 3.63) is 63.8 Å². The van der Waals surface area contributed by atoms with Crippen LogP contribution < -0.4 is 20.7 Å². The van der Waals surface area contributed by atoms with Gasteiger partial charge in [0.2, 0.25) is 0 Å². The zero-order chi connectivity index (χ0) is 19.6. The maximum Gasteiger partial charge on any atom is 0.255 e. The molecule has 140 valence electrons. The first kappa shape index (κ1) is 19.2. The van der Waals surface area contributed by atoms with Crippen molar-refractivity contribution in [2.45, 2.75) is 13.0 Å². The van der Waals surface area contributed by atoms with Gasteiger partial charge in [-0.15, -0.1) is 0 Å². The molecule has 0 aliphatic carbocycles. The summed E-state index contributed by atoms with van der Waals surface area (Å²) in [6, 6.07) is 11.8. The Hall–Kier alpha value is -2.58. The van der Waals surface area contributed by atoms with E-state index in [1.165, 1.54) is 13.2 Å². The Morgan fingerprint density at radius 2 is 1.96 bits per heavy atom. The molecule has 1 heterocycles. The van der Waals surface area contributed by atoms with Gasteiger partial charge in [0.05, 0.1) is 18.7 Å². The summed E-state index contributed by atoms with van der Waals surface area (Å²) in [6.07, 6.45) is 0. The molecule has 0 radical (unpaired) electrons. The van der Waals surface area contributed by atoms with Gasteiger partial charge in [0.1, 0.15) is 0 Å². The predicted octanol–water partition coefficient (Wildman–Crippen LogP) is 3.59. The van der Waals surface area contributed by atoms with Crippen molar-refractivity contribution in [3.8, 4) is 11.5 Å². The highest BCUT2D eigenvalue weighted by Crippen LogP contribution is 2.33. The number of thiocarbonyl (C=S) groups is 1. The van der Waals surface area contributed by atoms with Crippen molar-refractivity contribution in [2.24, 2.45) is 0 Å². The maximum atomic E-state index is 13.0. The summed E-state index contributed by atoms with van der Waals surface area (Å²) in [4.78, 5) is 13.0. The van der Waals surface area contributed by atoms with Crippen LogP contribution in [0.5, 0.6) is 11.5 Å². The number of carbonyl (C=O) groups is 1. The minimum atomic E-state index is -0.483. The number of carbonyl (C=O) groups excluding carboxylic acids is 1. The lowest BCUT2D eigenvalue weighted by molar-refractivity contribution is -0.113. The molecule has 1 amide bonds. The van der Waals surface area contributed by atoms with Crippen LogP contribution in [0, 0.1) is 0 Å². The van der Waals surface area contributed by atoms with Crippen LogP contribution in [-0.2, 0) is 4.79 Å². The first-order chi connectivity index (χ1) is 12.9. The maximum absolute atomic E-state index is 13.0. The summed E-state index contributed by atoms with van der Waals surface area (Å²) >= 11 is 8.63. The van der Waals surface area contributed by atoms with Crippen LogP contribution >= 0.6 is 28.1 Å². The highest BCUT2D eigenvalue weighted by Gasteiger charge is 2.30. The standard InChI is InChI=1S/C19H18BrN3O3S/c1-10-16(18(25)22-13-6-4-12(20)5-7-13)17(23-19(27)21-10)11-3-8-14(24)15(9-11)26-2/h3-9,17,24H,1-2H3,(H,22,25)(H2,21,23,27). The number of halogens is 1. The highest BCUT2D eigenvalue weighted by molar-refractivity contribution is 9.10. The molecule has 0 bridgehead atoms. The molecule has 0 aromatic heterocycles. The van der Waals surface area contributed by atoms with Crippen molar-refractivity contribution in [1.29, 1.82) is 0 Å². The Morgan fingerprint density at radius 1 is 1.26 bits per heavy atom. The molecule has 1 unspecified atom stereocenters. The third-order valence-corrected chi connectivity index (χ3v) is 4.90. The molecule has 8 heteroatoms. The van der Waals surface area contributed by atoms with Gasteiger partial charge in [-0.3, -0.25) is 4.79 Å². The molecule has 2 aromatic carbocycles. The molecule has 1 atom stereocenters. The third-order valence-electron chi connectivity index (χ3n) is 4.15. The molecule has 6 nitrogen and oxygen atoms in total. The molecule has 4 N–H and O–H groups in total. The second-order valence-electron chi connectivity index (χ2n) is 5.96. The van der Waals surface area contributed by atoms with Gasteiger partial charge >= 0.3 is 0 Å². The number of phenols is 1. The number of methoxy groups -OCH3 is 1. The smallest absolute Gasteiger partial charge is 0.255 e. The van der Waals surface area contributed by atoms with Crippen LogP contribution in [0.15, 0.2) is 58.2 Å². The average Bonchev–Trinajstić information content (AvgIpc) is 2.63. The van der Waals surface area contributed by atoms with Crippen molar-refractivity contribution < 1.29 is 14.6 Å². The van der Waals surface area contributed by atoms with Crippen LogP contribution in [0.1, 0.15) is 18.5 Å². The van der Waals surface area contributed by atoms with E-state index < -0.39 is 6.04 Å². The number of allylic oxidation sites excluding steroid dienone is 1. The zero-order valence-electron chi connectivity index (χ0n) is 14.7. The molecule has 1 aliphatic rings. The van der Waals surface area contributed by atoms with E-state index in [1.807, 2.05) is 24.3 Å². The molecule has 0 fully saturated rings. The van der Waals surface area contributed by atoms with Gasteiger partial charge in [-0.1, -0.05) is 22.0 Å².